The smallest absolute Gasteiger partial charge is 0.425 e. The molecule has 306 valence electrons. The van der Waals surface area contributed by atoms with Crippen LogP contribution in [0.5, 0.6) is 0 Å². The van der Waals surface area contributed by atoms with Gasteiger partial charge >= 0.3 is 18.2 Å². The average molecular weight is 810 g/mol. The van der Waals surface area contributed by atoms with Crippen molar-refractivity contribution in [3.8, 4) is 11.3 Å². The summed E-state index contributed by atoms with van der Waals surface area (Å²) in [5.74, 6) is -0.247. The summed E-state index contributed by atoms with van der Waals surface area (Å²) in [7, 11) is 0. The molecule has 0 saturated carbocycles. The van der Waals surface area contributed by atoms with Crippen LogP contribution in [-0.4, -0.2) is 84.5 Å². The Kier molecular flexibility index (Phi) is 11.9. The van der Waals surface area contributed by atoms with Crippen molar-refractivity contribution in [2.24, 2.45) is 0 Å². The van der Waals surface area contributed by atoms with Crippen LogP contribution in [0.2, 0.25) is 5.02 Å². The van der Waals surface area contributed by atoms with Crippen molar-refractivity contribution in [3.05, 3.63) is 53.1 Å². The number of halogens is 2. The maximum atomic E-state index is 13.7. The molecule has 1 aromatic carbocycles. The zero-order valence-corrected chi connectivity index (χ0v) is 33.9. The Morgan fingerprint density at radius 1 is 1.05 bits per heavy atom. The lowest BCUT2D eigenvalue weighted by molar-refractivity contribution is -0.0368. The first-order chi connectivity index (χ1) is 26.8. The first kappa shape index (κ1) is 41.5. The van der Waals surface area contributed by atoms with Crippen LogP contribution in [0.1, 0.15) is 92.5 Å². The van der Waals surface area contributed by atoms with Gasteiger partial charge in [0.15, 0.2) is 23.5 Å². The Hall–Kier alpha value is -5.13. The number of hydrogen-bond donors (Lipinski definition) is 3. The molecule has 3 aromatic heterocycles. The van der Waals surface area contributed by atoms with Crippen LogP contribution in [0, 0.1) is 5.82 Å². The highest BCUT2D eigenvalue weighted by Gasteiger charge is 2.37. The van der Waals surface area contributed by atoms with Gasteiger partial charge in [0.05, 0.1) is 11.6 Å². The zero-order chi connectivity index (χ0) is 41.3. The summed E-state index contributed by atoms with van der Waals surface area (Å²) in [6.07, 6.45) is 2.32. The number of fused-ring (bicyclic) bond motifs is 1. The number of aliphatic hydroxyl groups excluding tert-OH is 1. The van der Waals surface area contributed by atoms with E-state index in [9.17, 15) is 23.9 Å². The Balaban J connectivity index is 1.36. The van der Waals surface area contributed by atoms with Crippen molar-refractivity contribution in [1.82, 2.24) is 30.0 Å². The number of ether oxygens (including phenoxy) is 3. The lowest BCUT2D eigenvalue weighted by Gasteiger charge is -2.40. The molecule has 57 heavy (non-hydrogen) atoms. The second-order valence-electron chi connectivity index (χ2n) is 16.4. The lowest BCUT2D eigenvalue weighted by atomic mass is 9.89. The van der Waals surface area contributed by atoms with Gasteiger partial charge in [-0.05, 0) is 105 Å². The summed E-state index contributed by atoms with van der Waals surface area (Å²) in [5, 5.41) is 21.2. The monoisotopic (exact) mass is 809 g/mol. The van der Waals surface area contributed by atoms with E-state index < -0.39 is 53.6 Å². The van der Waals surface area contributed by atoms with E-state index in [-0.39, 0.29) is 27.8 Å². The van der Waals surface area contributed by atoms with E-state index in [0.717, 1.165) is 12.8 Å². The first-order valence-corrected chi connectivity index (χ1v) is 19.2. The first-order valence-electron chi connectivity index (χ1n) is 18.9. The third kappa shape index (κ3) is 9.71. The number of piperidine rings is 1. The fourth-order valence-corrected chi connectivity index (χ4v) is 6.89. The molecule has 0 radical (unpaired) electrons. The van der Waals surface area contributed by atoms with E-state index in [2.05, 4.69) is 15.6 Å². The number of carbonyl (C=O) groups is 3. The summed E-state index contributed by atoms with van der Waals surface area (Å²) in [5.41, 5.74) is -0.684. The number of anilines is 3. The number of amides is 4. The van der Waals surface area contributed by atoms with Gasteiger partial charge < -0.3 is 34.9 Å². The summed E-state index contributed by atoms with van der Waals surface area (Å²) < 4.78 is 32.6. The number of nitrogens with zero attached hydrogens (tertiary/aromatic N) is 7. The van der Waals surface area contributed by atoms with Crippen LogP contribution in [0.3, 0.4) is 0 Å². The quantitative estimate of drug-likeness (QED) is 0.165. The third-order valence-electron chi connectivity index (χ3n) is 9.31. The molecule has 3 N–H and O–H groups in total. The Morgan fingerprint density at radius 3 is 2.33 bits per heavy atom. The zero-order valence-electron chi connectivity index (χ0n) is 33.2. The average Bonchev–Trinajstić information content (AvgIpc) is 3.49. The van der Waals surface area contributed by atoms with E-state index in [4.69, 9.17) is 40.9 Å². The highest BCUT2D eigenvalue weighted by atomic mass is 35.5. The second-order valence-corrected chi connectivity index (χ2v) is 16.7. The van der Waals surface area contributed by atoms with Crippen LogP contribution in [0.25, 0.3) is 22.4 Å². The number of urea groups is 1. The molecule has 18 heteroatoms. The van der Waals surface area contributed by atoms with Gasteiger partial charge in [0.2, 0.25) is 0 Å². The third-order valence-corrected chi connectivity index (χ3v) is 9.68. The largest absolute Gasteiger partial charge is 0.443 e. The Morgan fingerprint density at radius 2 is 1.74 bits per heavy atom. The Labute approximate surface area is 335 Å². The minimum absolute atomic E-state index is 0.106. The minimum Gasteiger partial charge on any atom is -0.443 e. The molecule has 2 aliphatic rings. The van der Waals surface area contributed by atoms with Gasteiger partial charge in [0.1, 0.15) is 33.9 Å². The normalized spacial score (nSPS) is 17.2. The van der Waals surface area contributed by atoms with Crippen molar-refractivity contribution in [2.45, 2.75) is 110 Å². The number of aromatic nitrogens is 5. The SMILES string of the molecule is CC1(NC(=O)Nc2cccc(F)c2)CCN(c2nc3c(nc2CO)c(-c2ccnc(N(C(=O)OC(C)(C)C)C(=O)OC(C)(C)C)c2Cl)nn3C2CCCCO2)CC1. The van der Waals surface area contributed by atoms with Crippen molar-refractivity contribution in [3.63, 3.8) is 0 Å². The van der Waals surface area contributed by atoms with Crippen LogP contribution in [0.4, 0.5) is 36.1 Å². The van der Waals surface area contributed by atoms with E-state index >= 15 is 0 Å². The van der Waals surface area contributed by atoms with Crippen LogP contribution in [0.15, 0.2) is 36.5 Å². The molecular formula is C39H49ClFN9O7. The molecule has 4 amide bonds. The Bertz CT molecular complexity index is 2110. The number of rotatable bonds is 7. The predicted octanol–water partition coefficient (Wildman–Crippen LogP) is 7.73. The van der Waals surface area contributed by atoms with E-state index in [1.165, 1.54) is 24.4 Å². The van der Waals surface area contributed by atoms with Gasteiger partial charge in [-0.25, -0.2) is 38.4 Å². The maximum Gasteiger partial charge on any atom is 0.425 e. The summed E-state index contributed by atoms with van der Waals surface area (Å²) in [6.45, 7) is 12.9. The summed E-state index contributed by atoms with van der Waals surface area (Å²) >= 11 is 7.05. The number of pyridine rings is 1. The van der Waals surface area contributed by atoms with E-state index in [1.807, 2.05) is 11.8 Å². The van der Waals surface area contributed by atoms with E-state index in [0.29, 0.717) is 66.5 Å². The van der Waals surface area contributed by atoms with Crippen molar-refractivity contribution < 1.29 is 38.1 Å². The number of carbonyl (C=O) groups excluding carboxylic acids is 3. The molecule has 6 rings (SSSR count). The summed E-state index contributed by atoms with van der Waals surface area (Å²) in [6, 6.07) is 6.81. The lowest BCUT2D eigenvalue weighted by Crippen LogP contribution is -2.54. The molecular weight excluding hydrogens is 761 g/mol. The number of aliphatic hydroxyl groups is 1. The van der Waals surface area contributed by atoms with Crippen LogP contribution < -0.4 is 20.4 Å². The molecule has 5 heterocycles. The van der Waals surface area contributed by atoms with Gasteiger partial charge in [-0.2, -0.15) is 10.00 Å². The highest BCUT2D eigenvalue weighted by molar-refractivity contribution is 6.37. The van der Waals surface area contributed by atoms with Crippen molar-refractivity contribution >= 4 is 58.3 Å². The molecule has 4 aromatic rings. The highest BCUT2D eigenvalue weighted by Crippen LogP contribution is 2.40. The molecule has 2 saturated heterocycles. The number of imide groups is 1. The predicted molar refractivity (Wildman–Crippen MR) is 212 cm³/mol. The summed E-state index contributed by atoms with van der Waals surface area (Å²) in [4.78, 5) is 56.9. The van der Waals surface area contributed by atoms with Gasteiger partial charge in [-0.1, -0.05) is 17.7 Å². The molecule has 16 nitrogen and oxygen atoms in total. The topological polar surface area (TPSA) is 186 Å². The van der Waals surface area contributed by atoms with Gasteiger partial charge in [-0.15, -0.1) is 0 Å². The van der Waals surface area contributed by atoms with Crippen LogP contribution >= 0.6 is 11.6 Å². The van der Waals surface area contributed by atoms with Gasteiger partial charge in [0.25, 0.3) is 0 Å². The van der Waals surface area contributed by atoms with Crippen molar-refractivity contribution in [2.75, 3.05) is 34.8 Å². The second kappa shape index (κ2) is 16.4. The standard InChI is InChI=1S/C39H49ClFN9O7/c1-37(2,3)56-35(53)49(36(54)57-38(4,5)6)32-28(40)25(14-17-42-32)29-30-33(50(47-29)27-13-8-9-20-55-27)45-31(26(22-51)44-30)48-18-15-39(7,16-19-48)46-34(52)43-24-12-10-11-23(41)21-24/h10-12,14,17,21,27,51H,8-9,13,15-16,18-20,22H2,1-7H3,(H2,43,46,52). The van der Waals surface area contributed by atoms with E-state index in [1.54, 1.807) is 58.4 Å². The molecule has 2 aliphatic heterocycles. The number of benzene rings is 1. The molecule has 0 aliphatic carbocycles. The molecule has 1 unspecified atom stereocenters. The molecule has 1 atom stereocenters. The minimum atomic E-state index is -1.04. The number of hydrogen-bond acceptors (Lipinski definition) is 12. The number of nitrogens with one attached hydrogen (secondary N) is 2. The molecule has 0 bridgehead atoms. The van der Waals surface area contributed by atoms with Crippen LogP contribution in [-0.2, 0) is 20.8 Å². The van der Waals surface area contributed by atoms with Gasteiger partial charge in [-0.3, -0.25) is 0 Å². The molecule has 0 spiro atoms. The fourth-order valence-electron chi connectivity index (χ4n) is 6.61. The maximum absolute atomic E-state index is 13.7. The molecule has 2 fully saturated rings. The van der Waals surface area contributed by atoms with Gasteiger partial charge in [0, 0.05) is 42.7 Å². The fraction of sp³-hybridized carbons (Fsp3) is 0.513. The van der Waals surface area contributed by atoms with Crippen molar-refractivity contribution in [1.29, 1.82) is 0 Å².